The first-order chi connectivity index (χ1) is 13.5. The van der Waals surface area contributed by atoms with E-state index in [4.69, 9.17) is 9.47 Å². The van der Waals surface area contributed by atoms with Crippen molar-refractivity contribution in [1.82, 2.24) is 5.32 Å². The van der Waals surface area contributed by atoms with Crippen LogP contribution in [-0.4, -0.2) is 31.3 Å². The van der Waals surface area contributed by atoms with E-state index in [-0.39, 0.29) is 17.9 Å². The Hall–Kier alpha value is -2.82. The van der Waals surface area contributed by atoms with E-state index >= 15 is 0 Å². The van der Waals surface area contributed by atoms with Gasteiger partial charge in [-0.2, -0.15) is 0 Å². The molecule has 1 N–H and O–H groups in total. The number of hydrogen-bond acceptors (Lipinski definition) is 4. The van der Waals surface area contributed by atoms with E-state index in [0.717, 1.165) is 17.5 Å². The third-order valence-corrected chi connectivity index (χ3v) is 6.53. The average Bonchev–Trinajstić information content (AvgIpc) is 3.19. The second-order valence-electron chi connectivity index (χ2n) is 7.94. The molecule has 0 unspecified atom stereocenters. The fraction of sp³-hybridized carbons (Fsp3) is 0.391. The molecule has 0 spiro atoms. The molecule has 146 valence electrons. The second kappa shape index (κ2) is 6.66. The number of esters is 1. The third-order valence-electron chi connectivity index (χ3n) is 6.53. The van der Waals surface area contributed by atoms with Crippen LogP contribution in [0.5, 0.6) is 0 Å². The lowest BCUT2D eigenvalue weighted by atomic mass is 9.98. The smallest absolute Gasteiger partial charge is 0.408 e. The Kier molecular flexibility index (Phi) is 4.41. The first-order valence-corrected chi connectivity index (χ1v) is 9.67. The molecule has 5 nitrogen and oxygen atoms in total. The average molecular weight is 379 g/mol. The van der Waals surface area contributed by atoms with Gasteiger partial charge in [0, 0.05) is 11.3 Å². The zero-order valence-electron chi connectivity index (χ0n) is 16.5. The van der Waals surface area contributed by atoms with E-state index < -0.39 is 17.6 Å². The van der Waals surface area contributed by atoms with Crippen LogP contribution in [0.15, 0.2) is 48.5 Å². The highest BCUT2D eigenvalue weighted by molar-refractivity contribution is 5.90. The number of hydrogen-bond donors (Lipinski definition) is 1. The quantitative estimate of drug-likeness (QED) is 0.789. The molecule has 2 aromatic rings. The van der Waals surface area contributed by atoms with E-state index in [1.165, 1.54) is 18.2 Å². The van der Waals surface area contributed by atoms with Crippen molar-refractivity contribution in [3.63, 3.8) is 0 Å². The minimum absolute atomic E-state index is 0.0102. The van der Waals surface area contributed by atoms with Crippen molar-refractivity contribution >= 4 is 12.1 Å². The standard InChI is InChI=1S/C23H25NO4/c1-4-22(2)14-23(22,20(25)27-3)24-21(26)28-13-19-17-11-7-5-9-15(17)16-10-6-8-12-18(16)19/h5-12,19H,4,13-14H2,1-3H3,(H,24,26)/t22-,23-/m1/s1. The van der Waals surface area contributed by atoms with Crippen LogP contribution in [0.3, 0.4) is 0 Å². The molecule has 4 rings (SSSR count). The van der Waals surface area contributed by atoms with Gasteiger partial charge in [-0.1, -0.05) is 62.4 Å². The van der Waals surface area contributed by atoms with Crippen LogP contribution in [0.2, 0.25) is 0 Å². The minimum Gasteiger partial charge on any atom is -0.467 e. The number of carbonyl (C=O) groups excluding carboxylic acids is 2. The number of ether oxygens (including phenoxy) is 2. The summed E-state index contributed by atoms with van der Waals surface area (Å²) in [5, 5.41) is 2.80. The van der Waals surface area contributed by atoms with Gasteiger partial charge >= 0.3 is 12.1 Å². The predicted octanol–water partition coefficient (Wildman–Crippen LogP) is 4.26. The Labute approximate surface area is 165 Å². The van der Waals surface area contributed by atoms with Gasteiger partial charge in [0.2, 0.25) is 0 Å². The topological polar surface area (TPSA) is 64.6 Å². The van der Waals surface area contributed by atoms with Crippen molar-refractivity contribution in [2.45, 2.75) is 38.1 Å². The fourth-order valence-corrected chi connectivity index (χ4v) is 4.52. The summed E-state index contributed by atoms with van der Waals surface area (Å²) in [5.41, 5.74) is 3.39. The Morgan fingerprint density at radius 3 is 2.14 bits per heavy atom. The van der Waals surface area contributed by atoms with Crippen molar-refractivity contribution in [2.24, 2.45) is 5.41 Å². The summed E-state index contributed by atoms with van der Waals surface area (Å²) >= 11 is 0. The van der Waals surface area contributed by atoms with Crippen LogP contribution in [0.1, 0.15) is 43.7 Å². The molecule has 1 fully saturated rings. The largest absolute Gasteiger partial charge is 0.467 e. The number of nitrogens with one attached hydrogen (secondary N) is 1. The zero-order valence-corrected chi connectivity index (χ0v) is 16.5. The number of alkyl carbamates (subject to hydrolysis) is 1. The molecule has 0 saturated heterocycles. The molecular formula is C23H25NO4. The lowest BCUT2D eigenvalue weighted by Crippen LogP contribution is -2.48. The predicted molar refractivity (Wildman–Crippen MR) is 106 cm³/mol. The lowest BCUT2D eigenvalue weighted by molar-refractivity contribution is -0.145. The molecule has 5 heteroatoms. The van der Waals surface area contributed by atoms with E-state index in [0.29, 0.717) is 6.42 Å². The number of fused-ring (bicyclic) bond motifs is 3. The number of rotatable bonds is 5. The molecule has 2 aromatic carbocycles. The third kappa shape index (κ3) is 2.68. The SMILES string of the molecule is CC[C@]1(C)C[C@@]1(NC(=O)OCC1c2ccccc2-c2ccccc21)C(=O)OC. The number of carbonyl (C=O) groups is 2. The maximum atomic E-state index is 12.6. The summed E-state index contributed by atoms with van der Waals surface area (Å²) in [6.45, 7) is 4.21. The van der Waals surface area contributed by atoms with Crippen molar-refractivity contribution in [2.75, 3.05) is 13.7 Å². The number of amides is 1. The highest BCUT2D eigenvalue weighted by Gasteiger charge is 2.70. The monoisotopic (exact) mass is 379 g/mol. The Morgan fingerprint density at radius 2 is 1.64 bits per heavy atom. The highest BCUT2D eigenvalue weighted by Crippen LogP contribution is 2.59. The summed E-state index contributed by atoms with van der Waals surface area (Å²) in [5.74, 6) is -0.422. The maximum absolute atomic E-state index is 12.6. The van der Waals surface area contributed by atoms with Crippen LogP contribution in [-0.2, 0) is 14.3 Å². The van der Waals surface area contributed by atoms with E-state index in [9.17, 15) is 9.59 Å². The van der Waals surface area contributed by atoms with Gasteiger partial charge in [0.05, 0.1) is 7.11 Å². The fourth-order valence-electron chi connectivity index (χ4n) is 4.52. The molecular weight excluding hydrogens is 354 g/mol. The molecule has 1 amide bonds. The van der Waals surface area contributed by atoms with Gasteiger partial charge in [-0.3, -0.25) is 0 Å². The van der Waals surface area contributed by atoms with Crippen molar-refractivity contribution in [3.8, 4) is 11.1 Å². The molecule has 28 heavy (non-hydrogen) atoms. The van der Waals surface area contributed by atoms with E-state index in [2.05, 4.69) is 29.6 Å². The van der Waals surface area contributed by atoms with Gasteiger partial charge in [-0.05, 0) is 35.1 Å². The van der Waals surface area contributed by atoms with Crippen molar-refractivity contribution < 1.29 is 19.1 Å². The zero-order chi connectivity index (χ0) is 19.9. The molecule has 0 heterocycles. The lowest BCUT2D eigenvalue weighted by Gasteiger charge is -2.22. The molecule has 0 bridgehead atoms. The summed E-state index contributed by atoms with van der Waals surface area (Å²) in [6, 6.07) is 16.4. The minimum atomic E-state index is -0.987. The molecule has 0 aromatic heterocycles. The normalized spacial score (nSPS) is 24.8. The Balaban J connectivity index is 1.49. The van der Waals surface area contributed by atoms with Gasteiger partial charge in [0.1, 0.15) is 12.1 Å². The summed E-state index contributed by atoms with van der Waals surface area (Å²) in [6.07, 6.45) is 0.753. The summed E-state index contributed by atoms with van der Waals surface area (Å²) in [7, 11) is 1.35. The van der Waals surface area contributed by atoms with Crippen LogP contribution in [0.25, 0.3) is 11.1 Å². The number of methoxy groups -OCH3 is 1. The van der Waals surface area contributed by atoms with Crippen LogP contribution in [0, 0.1) is 5.41 Å². The van der Waals surface area contributed by atoms with E-state index in [1.54, 1.807) is 0 Å². The van der Waals surface area contributed by atoms with Crippen molar-refractivity contribution in [3.05, 3.63) is 59.7 Å². The molecule has 1 saturated carbocycles. The van der Waals surface area contributed by atoms with Gasteiger partial charge in [-0.15, -0.1) is 0 Å². The molecule has 2 aliphatic rings. The highest BCUT2D eigenvalue weighted by atomic mass is 16.6. The van der Waals surface area contributed by atoms with Crippen LogP contribution < -0.4 is 5.32 Å². The number of benzene rings is 2. The van der Waals surface area contributed by atoms with Gasteiger partial charge in [0.25, 0.3) is 0 Å². The van der Waals surface area contributed by atoms with E-state index in [1.807, 2.05) is 38.1 Å². The molecule has 2 aliphatic carbocycles. The second-order valence-corrected chi connectivity index (χ2v) is 7.94. The molecule has 0 radical (unpaired) electrons. The van der Waals surface area contributed by atoms with Gasteiger partial charge in [0.15, 0.2) is 0 Å². The van der Waals surface area contributed by atoms with Crippen LogP contribution in [0.4, 0.5) is 4.79 Å². The Morgan fingerprint density at radius 1 is 1.07 bits per heavy atom. The molecule has 0 aliphatic heterocycles. The Bertz CT molecular complexity index is 894. The molecule has 2 atom stereocenters. The van der Waals surface area contributed by atoms with Gasteiger partial charge < -0.3 is 14.8 Å². The maximum Gasteiger partial charge on any atom is 0.408 e. The van der Waals surface area contributed by atoms with Crippen molar-refractivity contribution in [1.29, 1.82) is 0 Å². The first kappa shape index (κ1) is 18.5. The van der Waals surface area contributed by atoms with Gasteiger partial charge in [-0.25, -0.2) is 9.59 Å². The summed E-state index contributed by atoms with van der Waals surface area (Å²) < 4.78 is 10.5. The van der Waals surface area contributed by atoms with Crippen LogP contribution >= 0.6 is 0 Å². The summed E-state index contributed by atoms with van der Waals surface area (Å²) in [4.78, 5) is 24.9. The first-order valence-electron chi connectivity index (χ1n) is 9.67.